The van der Waals surface area contributed by atoms with Gasteiger partial charge in [0.1, 0.15) is 0 Å². The molecule has 162 valence electrons. The number of rotatable bonds is 8. The highest BCUT2D eigenvalue weighted by molar-refractivity contribution is 7.98. The van der Waals surface area contributed by atoms with Gasteiger partial charge in [-0.1, -0.05) is 18.2 Å². The molecule has 7 nitrogen and oxygen atoms in total. The summed E-state index contributed by atoms with van der Waals surface area (Å²) < 4.78 is 25.7. The van der Waals surface area contributed by atoms with E-state index < -0.39 is 10.0 Å². The second-order valence-electron chi connectivity index (χ2n) is 7.55. The van der Waals surface area contributed by atoms with Crippen LogP contribution in [0.3, 0.4) is 0 Å². The molecular weight excluding hydrogens is 420 g/mol. The standard InChI is InChI=1S/C21H28N4O3S2/c1-16(25-12-6-9-19(14-25)24-30(2,27)28)21(26)23-18-8-5-7-17(13-18)15-29-20-10-3-4-11-22-20/h3-5,7-8,10-11,13,16,19,24H,6,9,12,14-15H2,1-2H3,(H,23,26). The molecule has 1 aliphatic heterocycles. The number of carbonyl (C=O) groups excluding carboxylic acids is 1. The van der Waals surface area contributed by atoms with Crippen molar-refractivity contribution in [3.8, 4) is 0 Å². The van der Waals surface area contributed by atoms with E-state index in [0.717, 1.165) is 41.4 Å². The molecule has 1 aliphatic rings. The van der Waals surface area contributed by atoms with Crippen molar-refractivity contribution in [3.05, 3.63) is 54.2 Å². The molecule has 1 fully saturated rings. The maximum absolute atomic E-state index is 12.8. The lowest BCUT2D eigenvalue weighted by atomic mass is 10.0. The lowest BCUT2D eigenvalue weighted by Gasteiger charge is -2.36. The summed E-state index contributed by atoms with van der Waals surface area (Å²) in [5, 5.41) is 3.96. The van der Waals surface area contributed by atoms with E-state index in [1.54, 1.807) is 18.0 Å². The van der Waals surface area contributed by atoms with Crippen molar-refractivity contribution in [2.75, 3.05) is 24.7 Å². The van der Waals surface area contributed by atoms with Gasteiger partial charge in [-0.3, -0.25) is 9.69 Å². The zero-order valence-electron chi connectivity index (χ0n) is 17.2. The molecule has 0 saturated carbocycles. The third kappa shape index (κ3) is 7.09. The molecule has 1 aromatic heterocycles. The number of sulfonamides is 1. The number of piperidine rings is 1. The smallest absolute Gasteiger partial charge is 0.241 e. The minimum Gasteiger partial charge on any atom is -0.325 e. The molecule has 3 rings (SSSR count). The van der Waals surface area contributed by atoms with E-state index in [1.807, 2.05) is 54.3 Å². The normalized spacial score (nSPS) is 18.7. The molecule has 0 aliphatic carbocycles. The third-order valence-electron chi connectivity index (χ3n) is 4.98. The highest BCUT2D eigenvalue weighted by Gasteiger charge is 2.28. The van der Waals surface area contributed by atoms with Crippen LogP contribution in [0.4, 0.5) is 5.69 Å². The van der Waals surface area contributed by atoms with Crippen molar-refractivity contribution in [3.63, 3.8) is 0 Å². The van der Waals surface area contributed by atoms with E-state index in [-0.39, 0.29) is 18.0 Å². The van der Waals surface area contributed by atoms with Gasteiger partial charge < -0.3 is 5.32 Å². The monoisotopic (exact) mass is 448 g/mol. The largest absolute Gasteiger partial charge is 0.325 e. The number of nitrogens with zero attached hydrogens (tertiary/aromatic N) is 2. The highest BCUT2D eigenvalue weighted by atomic mass is 32.2. The molecule has 2 N–H and O–H groups in total. The van der Waals surface area contributed by atoms with Crippen LogP contribution in [-0.2, 0) is 20.6 Å². The van der Waals surface area contributed by atoms with Gasteiger partial charge in [-0.2, -0.15) is 0 Å². The molecule has 2 unspecified atom stereocenters. The van der Waals surface area contributed by atoms with Crippen molar-refractivity contribution < 1.29 is 13.2 Å². The summed E-state index contributed by atoms with van der Waals surface area (Å²) >= 11 is 1.65. The molecule has 30 heavy (non-hydrogen) atoms. The molecule has 1 saturated heterocycles. The van der Waals surface area contributed by atoms with Gasteiger partial charge in [-0.25, -0.2) is 18.1 Å². The number of hydrogen-bond donors (Lipinski definition) is 2. The van der Waals surface area contributed by atoms with E-state index >= 15 is 0 Å². The quantitative estimate of drug-likeness (QED) is 0.604. The Kier molecular flexibility index (Phi) is 7.87. The van der Waals surface area contributed by atoms with Crippen LogP contribution in [-0.4, -0.2) is 55.6 Å². The predicted molar refractivity (Wildman–Crippen MR) is 121 cm³/mol. The first-order valence-corrected chi connectivity index (χ1v) is 12.8. The van der Waals surface area contributed by atoms with Gasteiger partial charge in [-0.15, -0.1) is 11.8 Å². The average Bonchev–Trinajstić information content (AvgIpc) is 2.72. The van der Waals surface area contributed by atoms with Crippen LogP contribution < -0.4 is 10.0 Å². The van der Waals surface area contributed by atoms with Crippen LogP contribution in [0.5, 0.6) is 0 Å². The van der Waals surface area contributed by atoms with Crippen molar-refractivity contribution >= 4 is 33.4 Å². The number of likely N-dealkylation sites (tertiary alicyclic amines) is 1. The molecule has 9 heteroatoms. The lowest BCUT2D eigenvalue weighted by molar-refractivity contribution is -0.121. The molecule has 0 bridgehead atoms. The number of pyridine rings is 1. The fraction of sp³-hybridized carbons (Fsp3) is 0.429. The number of anilines is 1. The molecule has 0 radical (unpaired) electrons. The Morgan fingerprint density at radius 3 is 2.87 bits per heavy atom. The average molecular weight is 449 g/mol. The molecule has 1 amide bonds. The summed E-state index contributed by atoms with van der Waals surface area (Å²) in [6, 6.07) is 13.1. The van der Waals surface area contributed by atoms with E-state index in [4.69, 9.17) is 0 Å². The Hall–Kier alpha value is -1.94. The molecule has 2 aromatic rings. The summed E-state index contributed by atoms with van der Waals surface area (Å²) in [5.41, 5.74) is 1.86. The maximum atomic E-state index is 12.8. The van der Waals surface area contributed by atoms with E-state index in [0.29, 0.717) is 6.54 Å². The molecule has 0 spiro atoms. The zero-order valence-corrected chi connectivity index (χ0v) is 18.9. The summed E-state index contributed by atoms with van der Waals surface area (Å²) in [6.07, 6.45) is 4.58. The fourth-order valence-electron chi connectivity index (χ4n) is 3.50. The van der Waals surface area contributed by atoms with Crippen LogP contribution in [0.15, 0.2) is 53.7 Å². The first-order chi connectivity index (χ1) is 14.3. The van der Waals surface area contributed by atoms with Gasteiger partial charge in [0.05, 0.1) is 17.3 Å². The topological polar surface area (TPSA) is 91.4 Å². The van der Waals surface area contributed by atoms with Crippen LogP contribution in [0.1, 0.15) is 25.3 Å². The zero-order chi connectivity index (χ0) is 21.6. The second-order valence-corrected chi connectivity index (χ2v) is 10.3. The number of aromatic nitrogens is 1. The first-order valence-electron chi connectivity index (χ1n) is 9.95. The molecular formula is C21H28N4O3S2. The number of hydrogen-bond acceptors (Lipinski definition) is 6. The fourth-order valence-corrected chi connectivity index (χ4v) is 5.10. The van der Waals surface area contributed by atoms with Crippen molar-refractivity contribution in [1.29, 1.82) is 0 Å². The minimum atomic E-state index is -3.26. The van der Waals surface area contributed by atoms with Crippen LogP contribution >= 0.6 is 11.8 Å². The minimum absolute atomic E-state index is 0.0930. The first kappa shape index (κ1) is 22.7. The Labute approximate surface area is 182 Å². The van der Waals surface area contributed by atoms with Gasteiger partial charge in [0.25, 0.3) is 0 Å². The number of benzene rings is 1. The second kappa shape index (κ2) is 10.4. The summed E-state index contributed by atoms with van der Waals surface area (Å²) in [4.78, 5) is 19.1. The Morgan fingerprint density at radius 1 is 1.30 bits per heavy atom. The number of nitrogens with one attached hydrogen (secondary N) is 2. The SMILES string of the molecule is CC(C(=O)Nc1cccc(CSc2ccccn2)c1)N1CCCC(NS(C)(=O)=O)C1. The maximum Gasteiger partial charge on any atom is 0.241 e. The summed E-state index contributed by atoms with van der Waals surface area (Å²) in [5.74, 6) is 0.672. The van der Waals surface area contributed by atoms with Gasteiger partial charge in [0, 0.05) is 30.2 Å². The van der Waals surface area contributed by atoms with Crippen LogP contribution in [0.2, 0.25) is 0 Å². The summed E-state index contributed by atoms with van der Waals surface area (Å²) in [6.45, 7) is 3.17. The van der Waals surface area contributed by atoms with Gasteiger partial charge in [0.15, 0.2) is 0 Å². The summed E-state index contributed by atoms with van der Waals surface area (Å²) in [7, 11) is -3.26. The number of amides is 1. The van der Waals surface area contributed by atoms with Gasteiger partial charge >= 0.3 is 0 Å². The van der Waals surface area contributed by atoms with E-state index in [9.17, 15) is 13.2 Å². The van der Waals surface area contributed by atoms with Crippen LogP contribution in [0, 0.1) is 0 Å². The Bertz CT molecular complexity index is 954. The van der Waals surface area contributed by atoms with E-state index in [1.165, 1.54) is 6.26 Å². The molecule has 2 atom stereocenters. The molecule has 2 heterocycles. The lowest BCUT2D eigenvalue weighted by Crippen LogP contribution is -2.52. The van der Waals surface area contributed by atoms with Gasteiger partial charge in [-0.05, 0) is 56.1 Å². The highest BCUT2D eigenvalue weighted by Crippen LogP contribution is 2.22. The number of thioether (sulfide) groups is 1. The Balaban J connectivity index is 1.55. The number of carbonyl (C=O) groups is 1. The van der Waals surface area contributed by atoms with Crippen molar-refractivity contribution in [2.45, 2.75) is 42.6 Å². The molecule has 1 aromatic carbocycles. The van der Waals surface area contributed by atoms with Crippen molar-refractivity contribution in [1.82, 2.24) is 14.6 Å². The van der Waals surface area contributed by atoms with Gasteiger partial charge in [0.2, 0.25) is 15.9 Å². The third-order valence-corrected chi connectivity index (χ3v) is 6.76. The predicted octanol–water partition coefficient (Wildman–Crippen LogP) is 2.71. The van der Waals surface area contributed by atoms with Crippen LogP contribution in [0.25, 0.3) is 0 Å². The van der Waals surface area contributed by atoms with Crippen molar-refractivity contribution in [2.24, 2.45) is 0 Å². The van der Waals surface area contributed by atoms with E-state index in [2.05, 4.69) is 15.0 Å². The Morgan fingerprint density at radius 2 is 2.13 bits per heavy atom.